The first-order valence-electron chi connectivity index (χ1n) is 22.9. The normalized spacial score (nSPS) is 37.9. The minimum Gasteiger partial charge on any atom is -0.394 e. The van der Waals surface area contributed by atoms with Crippen LogP contribution in [0.4, 0.5) is 0 Å². The van der Waals surface area contributed by atoms with Crippen LogP contribution in [0.5, 0.6) is 0 Å². The molecule has 312 valence electrons. The molecule has 0 aromatic rings. The van der Waals surface area contributed by atoms with Crippen LogP contribution in [-0.2, 0) is 14.3 Å². The molecular formula is C44H77NO9. The standard InChI is InChI=1S/C44H77NO9/c1-2-3-4-5-6-7-8-9-11-14-17-20-23-29(47)39(49)28(27-53-43-42(52)41(51)40(50)30(26-46)54-43)45-31(48)24-21-18-15-12-10-13-16-19-22-25-44-36-33-32-34(36)38(44)35(32)37(33)44/h28-30,32-43,46-47,49-52H,2-27H2,1H3,(H,45,48)/t28-,29+,30+,32?,33?,34?,35?,36?,37?,38?,39-,40-,41-,42+,43-,44?/m0/s1. The summed E-state index contributed by atoms with van der Waals surface area (Å²) < 4.78 is 11.2. The summed E-state index contributed by atoms with van der Waals surface area (Å²) in [6.07, 6.45) is 17.7. The van der Waals surface area contributed by atoms with Gasteiger partial charge in [-0.1, -0.05) is 135 Å². The highest BCUT2D eigenvalue weighted by Crippen LogP contribution is 3.06. The first-order chi connectivity index (χ1) is 26.3. The molecule has 7 fully saturated rings. The number of ether oxygens (including phenoxy) is 2. The molecule has 10 nitrogen and oxygen atoms in total. The molecular weight excluding hydrogens is 686 g/mol. The van der Waals surface area contributed by atoms with Gasteiger partial charge < -0.3 is 45.4 Å². The van der Waals surface area contributed by atoms with Gasteiger partial charge in [0.15, 0.2) is 6.29 Å². The van der Waals surface area contributed by atoms with E-state index < -0.39 is 55.6 Å². The molecule has 7 aliphatic rings. The van der Waals surface area contributed by atoms with Gasteiger partial charge in [0.25, 0.3) is 0 Å². The summed E-state index contributed by atoms with van der Waals surface area (Å²) in [6, 6.07) is -0.978. The van der Waals surface area contributed by atoms with Gasteiger partial charge in [-0.05, 0) is 66.1 Å². The lowest BCUT2D eigenvalue weighted by Crippen LogP contribution is -3.05. The molecule has 0 unspecified atom stereocenters. The quantitative estimate of drug-likeness (QED) is 0.0422. The number of nitrogens with one attached hydrogen (secondary N) is 1. The summed E-state index contributed by atoms with van der Waals surface area (Å²) in [5, 5.41) is 65.2. The maximum absolute atomic E-state index is 13.0. The third kappa shape index (κ3) is 8.76. The minimum absolute atomic E-state index is 0.245. The van der Waals surface area contributed by atoms with Gasteiger partial charge in [-0.3, -0.25) is 4.79 Å². The van der Waals surface area contributed by atoms with Crippen molar-refractivity contribution in [2.24, 2.45) is 46.8 Å². The molecule has 0 aromatic carbocycles. The van der Waals surface area contributed by atoms with Crippen molar-refractivity contribution in [1.29, 1.82) is 0 Å². The molecule has 0 spiro atoms. The first kappa shape index (κ1) is 42.7. The second-order valence-electron chi connectivity index (χ2n) is 18.6. The van der Waals surface area contributed by atoms with Gasteiger partial charge >= 0.3 is 0 Å². The number of hydrogen-bond acceptors (Lipinski definition) is 9. The Bertz CT molecular complexity index is 1090. The number of hydrogen-bond donors (Lipinski definition) is 7. The molecule has 1 saturated heterocycles. The average Bonchev–Trinajstić information content (AvgIpc) is 3.18. The fraction of sp³-hybridized carbons (Fsp3) is 0.977. The van der Waals surface area contributed by atoms with Crippen molar-refractivity contribution in [3.63, 3.8) is 0 Å². The van der Waals surface area contributed by atoms with E-state index >= 15 is 0 Å². The van der Waals surface area contributed by atoms with Gasteiger partial charge in [-0.15, -0.1) is 0 Å². The summed E-state index contributed by atoms with van der Waals surface area (Å²) in [5.74, 6) is 8.14. The van der Waals surface area contributed by atoms with Gasteiger partial charge in [-0.25, -0.2) is 0 Å². The molecule has 54 heavy (non-hydrogen) atoms. The van der Waals surface area contributed by atoms with Crippen LogP contribution >= 0.6 is 0 Å². The Morgan fingerprint density at radius 2 is 1.17 bits per heavy atom. The summed E-state index contributed by atoms with van der Waals surface area (Å²) in [6.45, 7) is 1.36. The van der Waals surface area contributed by atoms with Gasteiger partial charge in [0.05, 0.1) is 25.4 Å². The van der Waals surface area contributed by atoms with Crippen LogP contribution in [0.1, 0.15) is 161 Å². The molecule has 8 atom stereocenters. The first-order valence-corrected chi connectivity index (χ1v) is 22.9. The van der Waals surface area contributed by atoms with Crippen LogP contribution in [-0.4, -0.2) is 98.7 Å². The highest BCUT2D eigenvalue weighted by molar-refractivity contribution is 5.76. The van der Waals surface area contributed by atoms with Crippen molar-refractivity contribution < 1.29 is 44.9 Å². The molecule has 6 aliphatic carbocycles. The Morgan fingerprint density at radius 1 is 0.667 bits per heavy atom. The van der Waals surface area contributed by atoms with Crippen LogP contribution in [0.2, 0.25) is 0 Å². The molecule has 1 aliphatic heterocycles. The maximum Gasteiger partial charge on any atom is 0.220 e. The second kappa shape index (κ2) is 20.2. The lowest BCUT2D eigenvalue weighted by atomic mass is 8.96. The molecule has 1 amide bonds. The largest absolute Gasteiger partial charge is 0.394 e. The molecule has 1 heterocycles. The topological polar surface area (TPSA) is 169 Å². The number of carbonyl (C=O) groups excluding carboxylic acids is 1. The van der Waals surface area contributed by atoms with E-state index in [0.717, 1.165) is 43.9 Å². The average molecular weight is 764 g/mol. The van der Waals surface area contributed by atoms with Crippen molar-refractivity contribution in [3.05, 3.63) is 0 Å². The molecule has 10 heteroatoms. The van der Waals surface area contributed by atoms with Crippen LogP contribution in [0.3, 0.4) is 0 Å². The summed E-state index contributed by atoms with van der Waals surface area (Å²) in [4.78, 5) is 13.0. The van der Waals surface area contributed by atoms with E-state index in [-0.39, 0.29) is 12.5 Å². The van der Waals surface area contributed by atoms with Crippen LogP contribution < -0.4 is 5.32 Å². The number of unbranched alkanes of at least 4 members (excludes halogenated alkanes) is 19. The van der Waals surface area contributed by atoms with E-state index in [9.17, 15) is 35.4 Å². The zero-order valence-corrected chi connectivity index (χ0v) is 33.5. The van der Waals surface area contributed by atoms with Crippen molar-refractivity contribution in [2.45, 2.75) is 210 Å². The Labute approximate surface area is 325 Å². The number of amides is 1. The Morgan fingerprint density at radius 3 is 1.70 bits per heavy atom. The van der Waals surface area contributed by atoms with E-state index in [1.807, 2.05) is 0 Å². The highest BCUT2D eigenvalue weighted by Gasteiger charge is 3.03. The Kier molecular flexibility index (Phi) is 16.0. The predicted octanol–water partition coefficient (Wildman–Crippen LogP) is 5.76. The van der Waals surface area contributed by atoms with E-state index in [2.05, 4.69) is 12.2 Å². The van der Waals surface area contributed by atoms with Gasteiger partial charge in [0, 0.05) is 6.42 Å². The van der Waals surface area contributed by atoms with E-state index in [0.29, 0.717) is 12.8 Å². The van der Waals surface area contributed by atoms with E-state index in [4.69, 9.17) is 9.47 Å². The van der Waals surface area contributed by atoms with Gasteiger partial charge in [0.1, 0.15) is 30.5 Å². The van der Waals surface area contributed by atoms with Crippen molar-refractivity contribution >= 4 is 5.91 Å². The monoisotopic (exact) mass is 764 g/mol. The fourth-order valence-corrected chi connectivity index (χ4v) is 12.7. The zero-order valence-electron chi connectivity index (χ0n) is 33.5. The molecule has 6 saturated carbocycles. The Balaban J connectivity index is 0.821. The predicted molar refractivity (Wildman–Crippen MR) is 207 cm³/mol. The molecule has 0 aromatic heterocycles. The smallest absolute Gasteiger partial charge is 0.220 e. The lowest BCUT2D eigenvalue weighted by molar-refractivity contribution is -0.616. The van der Waals surface area contributed by atoms with Crippen molar-refractivity contribution in [2.75, 3.05) is 13.2 Å². The maximum atomic E-state index is 13.0. The van der Waals surface area contributed by atoms with Crippen LogP contribution in [0.25, 0.3) is 0 Å². The van der Waals surface area contributed by atoms with Gasteiger partial charge in [0.2, 0.25) is 5.91 Å². The number of aliphatic hydroxyl groups is 6. The lowest BCUT2D eigenvalue weighted by Gasteiger charge is -3.08. The van der Waals surface area contributed by atoms with Gasteiger partial charge in [-0.2, -0.15) is 0 Å². The molecule has 7 rings (SSSR count). The third-order valence-electron chi connectivity index (χ3n) is 15.5. The molecule has 0 bridgehead atoms. The second-order valence-corrected chi connectivity index (χ2v) is 18.6. The third-order valence-corrected chi connectivity index (χ3v) is 15.5. The van der Waals surface area contributed by atoms with E-state index in [1.165, 1.54) is 144 Å². The summed E-state index contributed by atoms with van der Waals surface area (Å²) >= 11 is 0. The number of aliphatic hydroxyl groups excluding tert-OH is 6. The Hall–Kier alpha value is -0.850. The zero-order chi connectivity index (χ0) is 38.2. The minimum atomic E-state index is -1.60. The number of rotatable bonds is 32. The van der Waals surface area contributed by atoms with Crippen molar-refractivity contribution in [3.8, 4) is 0 Å². The summed E-state index contributed by atoms with van der Waals surface area (Å²) in [5.41, 5.74) is 0.877. The van der Waals surface area contributed by atoms with Crippen LogP contribution in [0, 0.1) is 46.8 Å². The van der Waals surface area contributed by atoms with Crippen molar-refractivity contribution in [1.82, 2.24) is 5.32 Å². The van der Waals surface area contributed by atoms with E-state index in [1.54, 1.807) is 0 Å². The molecule has 0 radical (unpaired) electrons. The number of carbonyl (C=O) groups is 1. The van der Waals surface area contributed by atoms with Crippen LogP contribution in [0.15, 0.2) is 0 Å². The fourth-order valence-electron chi connectivity index (χ4n) is 12.7. The SMILES string of the molecule is CCCCCCCCCCCCCC[C@@H](O)[C@@H](O)[C@H](CO[C@H]1O[C@H](CO)[C@H](O)[C@H](O)[C@H]1O)NC(=O)CCCCCCCCCCCC12C3C4C5C3C1C5C42. The molecule has 7 N–H and O–H groups in total. The highest BCUT2D eigenvalue weighted by atomic mass is 16.7. The summed E-state index contributed by atoms with van der Waals surface area (Å²) in [7, 11) is 0.